The van der Waals surface area contributed by atoms with Crippen LogP contribution in [0.25, 0.3) is 22.4 Å². The highest BCUT2D eigenvalue weighted by atomic mass is 16.3. The average molecular weight is 478 g/mol. The molecule has 6 heteroatoms. The summed E-state index contributed by atoms with van der Waals surface area (Å²) in [7, 11) is 0. The molecule has 6 nitrogen and oxygen atoms in total. The molecule has 0 unspecified atom stereocenters. The maximum absolute atomic E-state index is 10.8. The molecule has 0 aliphatic carbocycles. The number of nitrogens with zero attached hydrogens (tertiary/aromatic N) is 3. The lowest BCUT2D eigenvalue weighted by Gasteiger charge is -2.20. The summed E-state index contributed by atoms with van der Waals surface area (Å²) in [5.74, 6) is 1.97. The van der Waals surface area contributed by atoms with E-state index in [1.54, 1.807) is 0 Å². The van der Waals surface area contributed by atoms with Gasteiger partial charge in [0, 0.05) is 43.0 Å². The molecule has 182 valence electrons. The Kier molecular flexibility index (Phi) is 6.36. The minimum absolute atomic E-state index is 0.101. The van der Waals surface area contributed by atoms with Crippen LogP contribution in [-0.2, 0) is 19.4 Å². The standard InChI is InChI=1S/C30H31N5O/c36-29(22-7-3-1-4-8-22)26-14-12-24(32-26)19-21-11-13-25-27(20-21)34-28(33-25)15-17-35-18-16-31-30(35)23-9-5-2-6-10-23/h1-11,13,16,18,20,24,26,29,32,36H,12,14-15,17,19H2,(H,33,34)/t24-,26+,29+/m0/s1. The maximum Gasteiger partial charge on any atom is 0.139 e. The lowest BCUT2D eigenvalue weighted by Crippen LogP contribution is -2.35. The zero-order valence-corrected chi connectivity index (χ0v) is 20.2. The molecule has 1 aliphatic rings. The van der Waals surface area contributed by atoms with Crippen molar-refractivity contribution in [2.24, 2.45) is 0 Å². The topological polar surface area (TPSA) is 78.8 Å². The van der Waals surface area contributed by atoms with Crippen LogP contribution in [0.15, 0.2) is 91.3 Å². The first-order chi connectivity index (χ1) is 17.7. The van der Waals surface area contributed by atoms with E-state index in [0.29, 0.717) is 6.04 Å². The van der Waals surface area contributed by atoms with Crippen LogP contribution in [0.3, 0.4) is 0 Å². The van der Waals surface area contributed by atoms with Gasteiger partial charge in [0.05, 0.1) is 17.1 Å². The van der Waals surface area contributed by atoms with E-state index in [4.69, 9.17) is 4.98 Å². The number of aryl methyl sites for hydroxylation is 2. The van der Waals surface area contributed by atoms with Crippen LogP contribution in [0.2, 0.25) is 0 Å². The van der Waals surface area contributed by atoms with Crippen LogP contribution < -0.4 is 5.32 Å². The summed E-state index contributed by atoms with van der Waals surface area (Å²) in [6, 6.07) is 27.2. The minimum atomic E-state index is -0.466. The molecule has 1 fully saturated rings. The molecule has 0 bridgehead atoms. The van der Waals surface area contributed by atoms with Gasteiger partial charge in [0.1, 0.15) is 11.6 Å². The first kappa shape index (κ1) is 22.7. The SMILES string of the molecule is O[C@H](c1ccccc1)[C@H]1CC[C@@H](Cc2ccc3nc(CCn4ccnc4-c4ccccc4)[nH]c3c2)N1. The molecule has 1 aliphatic heterocycles. The first-order valence-corrected chi connectivity index (χ1v) is 12.8. The Morgan fingerprint density at radius 2 is 1.78 bits per heavy atom. The molecular formula is C30H31N5O. The number of nitrogens with one attached hydrogen (secondary N) is 2. The number of aromatic amines is 1. The normalized spacial score (nSPS) is 18.6. The van der Waals surface area contributed by atoms with E-state index in [1.165, 1.54) is 5.56 Å². The van der Waals surface area contributed by atoms with Crippen LogP contribution >= 0.6 is 0 Å². The van der Waals surface area contributed by atoms with Gasteiger partial charge in [-0.3, -0.25) is 0 Å². The van der Waals surface area contributed by atoms with E-state index < -0.39 is 6.10 Å². The summed E-state index contributed by atoms with van der Waals surface area (Å²) < 4.78 is 2.18. The van der Waals surface area contributed by atoms with E-state index in [2.05, 4.69) is 50.2 Å². The van der Waals surface area contributed by atoms with E-state index in [0.717, 1.165) is 66.0 Å². The number of hydrogen-bond donors (Lipinski definition) is 3. The molecule has 3 N–H and O–H groups in total. The summed E-state index contributed by atoms with van der Waals surface area (Å²) in [4.78, 5) is 12.9. The predicted molar refractivity (Wildman–Crippen MR) is 143 cm³/mol. The molecule has 0 amide bonds. The molecule has 6 rings (SSSR count). The van der Waals surface area contributed by atoms with E-state index >= 15 is 0 Å². The Morgan fingerprint density at radius 1 is 0.972 bits per heavy atom. The summed E-state index contributed by atoms with van der Waals surface area (Å²) in [5.41, 5.74) is 5.46. The highest BCUT2D eigenvalue weighted by Crippen LogP contribution is 2.27. The second-order valence-corrected chi connectivity index (χ2v) is 9.70. The molecule has 36 heavy (non-hydrogen) atoms. The number of aliphatic hydroxyl groups excluding tert-OH is 1. The van der Waals surface area contributed by atoms with Gasteiger partial charge in [0.2, 0.25) is 0 Å². The molecule has 2 aromatic heterocycles. The Bertz CT molecular complexity index is 1430. The van der Waals surface area contributed by atoms with Crippen molar-refractivity contribution in [1.29, 1.82) is 0 Å². The second-order valence-electron chi connectivity index (χ2n) is 9.70. The van der Waals surface area contributed by atoms with E-state index in [-0.39, 0.29) is 6.04 Å². The molecule has 3 aromatic carbocycles. The van der Waals surface area contributed by atoms with Crippen LogP contribution in [0.1, 0.15) is 35.9 Å². The van der Waals surface area contributed by atoms with Crippen molar-refractivity contribution in [1.82, 2.24) is 24.8 Å². The monoisotopic (exact) mass is 477 g/mol. The third-order valence-electron chi connectivity index (χ3n) is 7.21. The van der Waals surface area contributed by atoms with Crippen LogP contribution in [-0.4, -0.2) is 36.7 Å². The number of aromatic nitrogens is 4. The molecule has 5 aromatic rings. The predicted octanol–water partition coefficient (Wildman–Crippen LogP) is 5.07. The number of aliphatic hydroxyl groups is 1. The highest BCUT2D eigenvalue weighted by molar-refractivity contribution is 5.75. The number of fused-ring (bicyclic) bond motifs is 1. The summed E-state index contributed by atoms with van der Waals surface area (Å²) in [6.45, 7) is 0.814. The van der Waals surface area contributed by atoms with Gasteiger partial charge < -0.3 is 20.0 Å². The molecule has 3 heterocycles. The van der Waals surface area contributed by atoms with Gasteiger partial charge in [0.25, 0.3) is 0 Å². The second kappa shape index (κ2) is 10.1. The van der Waals surface area contributed by atoms with Crippen LogP contribution in [0.4, 0.5) is 0 Å². The third-order valence-corrected chi connectivity index (χ3v) is 7.21. The van der Waals surface area contributed by atoms with Crippen molar-refractivity contribution in [3.63, 3.8) is 0 Å². The number of rotatable bonds is 8. The van der Waals surface area contributed by atoms with Gasteiger partial charge in [0.15, 0.2) is 0 Å². The number of imidazole rings is 2. The Hall–Kier alpha value is -3.74. The van der Waals surface area contributed by atoms with Gasteiger partial charge in [-0.15, -0.1) is 0 Å². The van der Waals surface area contributed by atoms with Crippen molar-refractivity contribution in [2.45, 2.75) is 50.4 Å². The summed E-state index contributed by atoms with van der Waals surface area (Å²) in [6.07, 6.45) is 7.22. The smallest absolute Gasteiger partial charge is 0.139 e. The van der Waals surface area contributed by atoms with Gasteiger partial charge in [-0.25, -0.2) is 9.97 Å². The molecule has 0 saturated carbocycles. The minimum Gasteiger partial charge on any atom is -0.387 e. The Morgan fingerprint density at radius 3 is 2.61 bits per heavy atom. The van der Waals surface area contributed by atoms with Crippen molar-refractivity contribution in [3.8, 4) is 11.4 Å². The quantitative estimate of drug-likeness (QED) is 0.292. The largest absolute Gasteiger partial charge is 0.387 e. The van der Waals surface area contributed by atoms with Gasteiger partial charge in [-0.1, -0.05) is 66.7 Å². The highest BCUT2D eigenvalue weighted by Gasteiger charge is 2.29. The zero-order valence-electron chi connectivity index (χ0n) is 20.2. The third kappa shape index (κ3) is 4.83. The van der Waals surface area contributed by atoms with Gasteiger partial charge >= 0.3 is 0 Å². The molecule has 0 spiro atoms. The van der Waals surface area contributed by atoms with E-state index in [9.17, 15) is 5.11 Å². The molecule has 3 atom stereocenters. The fraction of sp³-hybridized carbons (Fsp3) is 0.267. The van der Waals surface area contributed by atoms with Crippen molar-refractivity contribution in [2.75, 3.05) is 0 Å². The van der Waals surface area contributed by atoms with Crippen molar-refractivity contribution >= 4 is 11.0 Å². The number of H-pyrrole nitrogens is 1. The van der Waals surface area contributed by atoms with Crippen LogP contribution in [0.5, 0.6) is 0 Å². The number of benzene rings is 3. The lowest BCUT2D eigenvalue weighted by atomic mass is 10.0. The molecule has 0 radical (unpaired) electrons. The van der Waals surface area contributed by atoms with Gasteiger partial charge in [-0.05, 0) is 42.5 Å². The van der Waals surface area contributed by atoms with Crippen molar-refractivity contribution < 1.29 is 5.11 Å². The maximum atomic E-state index is 10.8. The average Bonchev–Trinajstić information content (AvgIpc) is 3.67. The lowest BCUT2D eigenvalue weighted by molar-refractivity contribution is 0.135. The molecular weight excluding hydrogens is 446 g/mol. The number of hydrogen-bond acceptors (Lipinski definition) is 4. The van der Waals surface area contributed by atoms with E-state index in [1.807, 2.05) is 60.9 Å². The zero-order chi connectivity index (χ0) is 24.3. The first-order valence-electron chi connectivity index (χ1n) is 12.8. The van der Waals surface area contributed by atoms with Crippen LogP contribution in [0, 0.1) is 0 Å². The molecule has 1 saturated heterocycles. The fourth-order valence-electron chi connectivity index (χ4n) is 5.35. The fourth-order valence-corrected chi connectivity index (χ4v) is 5.35. The van der Waals surface area contributed by atoms with Crippen molar-refractivity contribution in [3.05, 3.63) is 108 Å². The summed E-state index contributed by atoms with van der Waals surface area (Å²) in [5, 5.41) is 14.4. The summed E-state index contributed by atoms with van der Waals surface area (Å²) >= 11 is 0. The Balaban J connectivity index is 1.09. The van der Waals surface area contributed by atoms with Gasteiger partial charge in [-0.2, -0.15) is 0 Å². The Labute approximate surface area is 211 Å².